The molecule has 9 heteroatoms. The smallest absolute Gasteiger partial charge is 0.363 e. The Labute approximate surface area is 144 Å². The number of rotatable bonds is 4. The van der Waals surface area contributed by atoms with Crippen molar-refractivity contribution in [1.82, 2.24) is 15.0 Å². The van der Waals surface area contributed by atoms with E-state index < -0.39 is 11.7 Å². The van der Waals surface area contributed by atoms with E-state index in [-0.39, 0.29) is 5.69 Å². The number of hydrogen-bond acceptors (Lipinski definition) is 6. The summed E-state index contributed by atoms with van der Waals surface area (Å²) in [7, 11) is 0. The van der Waals surface area contributed by atoms with Gasteiger partial charge in [-0.05, 0) is 12.1 Å². The van der Waals surface area contributed by atoms with Crippen molar-refractivity contribution in [1.29, 1.82) is 5.26 Å². The topological polar surface area (TPSA) is 74.5 Å². The van der Waals surface area contributed by atoms with Crippen molar-refractivity contribution in [3.8, 4) is 16.6 Å². The first kappa shape index (κ1) is 16.9. The zero-order chi connectivity index (χ0) is 17.9. The van der Waals surface area contributed by atoms with Gasteiger partial charge in [-0.2, -0.15) is 18.4 Å². The summed E-state index contributed by atoms with van der Waals surface area (Å²) >= 11 is 1.35. The Balaban J connectivity index is 1.66. The van der Waals surface area contributed by atoms with Crippen LogP contribution in [0.3, 0.4) is 0 Å². The van der Waals surface area contributed by atoms with Gasteiger partial charge in [-0.1, -0.05) is 12.1 Å². The molecular formula is C16H10F3N5S. The summed E-state index contributed by atoms with van der Waals surface area (Å²) in [6.45, 7) is 0.387. The second-order valence-corrected chi connectivity index (χ2v) is 5.83. The number of nitrogens with zero attached hydrogens (tertiary/aromatic N) is 4. The molecule has 3 rings (SSSR count). The van der Waals surface area contributed by atoms with Crippen LogP contribution in [-0.2, 0) is 12.7 Å². The molecule has 0 saturated carbocycles. The second-order valence-electron chi connectivity index (χ2n) is 4.97. The molecule has 0 unspecified atom stereocenters. The molecule has 0 saturated heterocycles. The molecule has 3 aromatic rings. The molecular weight excluding hydrogens is 351 g/mol. The van der Waals surface area contributed by atoms with Gasteiger partial charge in [0.1, 0.15) is 16.9 Å². The Morgan fingerprint density at radius 2 is 1.88 bits per heavy atom. The molecule has 2 heterocycles. The quantitative estimate of drug-likeness (QED) is 0.757. The molecule has 0 amide bonds. The fourth-order valence-corrected chi connectivity index (χ4v) is 2.81. The molecule has 5 nitrogen and oxygen atoms in total. The minimum atomic E-state index is -4.35. The zero-order valence-corrected chi connectivity index (χ0v) is 13.4. The molecule has 0 aliphatic rings. The predicted octanol–water partition coefficient (Wildman–Crippen LogP) is 4.10. The van der Waals surface area contributed by atoms with Gasteiger partial charge in [-0.15, -0.1) is 11.3 Å². The van der Waals surface area contributed by atoms with Crippen LogP contribution in [0.5, 0.6) is 0 Å². The number of anilines is 1. The van der Waals surface area contributed by atoms with Crippen LogP contribution in [0.2, 0.25) is 0 Å². The van der Waals surface area contributed by atoms with E-state index in [0.29, 0.717) is 22.9 Å². The van der Waals surface area contributed by atoms with E-state index in [2.05, 4.69) is 20.3 Å². The van der Waals surface area contributed by atoms with Crippen molar-refractivity contribution in [2.45, 2.75) is 12.7 Å². The number of aromatic nitrogens is 3. The molecule has 0 atom stereocenters. The van der Waals surface area contributed by atoms with Crippen LogP contribution in [0.4, 0.5) is 19.0 Å². The fourth-order valence-electron chi connectivity index (χ4n) is 1.98. The highest BCUT2D eigenvalue weighted by Crippen LogP contribution is 2.31. The number of alkyl halides is 3. The molecule has 0 radical (unpaired) electrons. The monoisotopic (exact) mass is 361 g/mol. The Kier molecular flexibility index (Phi) is 4.63. The summed E-state index contributed by atoms with van der Waals surface area (Å²) < 4.78 is 37.8. The molecule has 0 spiro atoms. The molecule has 1 N–H and O–H groups in total. The molecule has 126 valence electrons. The lowest BCUT2D eigenvalue weighted by atomic mass is 10.1. The molecule has 0 aliphatic heterocycles. The SMILES string of the molecule is N#Cc1cnc(NCc2csc(-c3ccc(C(F)(F)F)cc3)n2)cn1. The number of thiazole rings is 1. The Morgan fingerprint density at radius 1 is 1.12 bits per heavy atom. The van der Waals surface area contributed by atoms with E-state index in [1.165, 1.54) is 35.9 Å². The van der Waals surface area contributed by atoms with Gasteiger partial charge < -0.3 is 5.32 Å². The first-order valence-corrected chi connectivity index (χ1v) is 7.92. The Hall–Kier alpha value is -2.99. The van der Waals surface area contributed by atoms with Crippen molar-refractivity contribution < 1.29 is 13.2 Å². The number of nitriles is 1. The number of nitrogens with one attached hydrogen (secondary N) is 1. The van der Waals surface area contributed by atoms with Gasteiger partial charge in [0.05, 0.1) is 30.2 Å². The minimum Gasteiger partial charge on any atom is -0.363 e. The van der Waals surface area contributed by atoms with Gasteiger partial charge in [0.25, 0.3) is 0 Å². The van der Waals surface area contributed by atoms with Crippen LogP contribution in [0.15, 0.2) is 42.0 Å². The van der Waals surface area contributed by atoms with Gasteiger partial charge in [0, 0.05) is 10.9 Å². The fraction of sp³-hybridized carbons (Fsp3) is 0.125. The first-order chi connectivity index (χ1) is 12.0. The maximum absolute atomic E-state index is 12.6. The average molecular weight is 361 g/mol. The summed E-state index contributed by atoms with van der Waals surface area (Å²) in [5.74, 6) is 0.503. The van der Waals surface area contributed by atoms with Crippen LogP contribution >= 0.6 is 11.3 Å². The van der Waals surface area contributed by atoms with E-state index in [0.717, 1.165) is 17.8 Å². The predicted molar refractivity (Wildman–Crippen MR) is 86.6 cm³/mol. The van der Waals surface area contributed by atoms with Crippen LogP contribution in [0.1, 0.15) is 17.0 Å². The van der Waals surface area contributed by atoms with E-state index >= 15 is 0 Å². The summed E-state index contributed by atoms with van der Waals surface area (Å²) in [5, 5.41) is 14.1. The van der Waals surface area contributed by atoms with E-state index in [1.54, 1.807) is 0 Å². The molecule has 0 aliphatic carbocycles. The van der Waals surface area contributed by atoms with E-state index in [4.69, 9.17) is 5.26 Å². The number of hydrogen-bond donors (Lipinski definition) is 1. The average Bonchev–Trinajstić information content (AvgIpc) is 3.09. The molecule has 1 aromatic carbocycles. The maximum Gasteiger partial charge on any atom is 0.416 e. The van der Waals surface area contributed by atoms with Crippen molar-refractivity contribution in [3.63, 3.8) is 0 Å². The number of benzene rings is 1. The van der Waals surface area contributed by atoms with Gasteiger partial charge >= 0.3 is 6.18 Å². The van der Waals surface area contributed by atoms with Crippen molar-refractivity contribution in [3.05, 3.63) is 59.0 Å². The van der Waals surface area contributed by atoms with Crippen LogP contribution < -0.4 is 5.32 Å². The Bertz CT molecular complexity index is 895. The van der Waals surface area contributed by atoms with Crippen LogP contribution in [0, 0.1) is 11.3 Å². The van der Waals surface area contributed by atoms with Gasteiger partial charge in [-0.3, -0.25) is 0 Å². The third-order valence-corrected chi connectivity index (χ3v) is 4.17. The van der Waals surface area contributed by atoms with Crippen molar-refractivity contribution >= 4 is 17.2 Å². The highest BCUT2D eigenvalue weighted by molar-refractivity contribution is 7.13. The third kappa shape index (κ3) is 4.10. The van der Waals surface area contributed by atoms with Gasteiger partial charge in [0.15, 0.2) is 5.69 Å². The van der Waals surface area contributed by atoms with E-state index in [9.17, 15) is 13.2 Å². The maximum atomic E-state index is 12.6. The standard InChI is InChI=1S/C16H10F3N5S/c17-16(18,19)11-3-1-10(2-4-11)15-24-13(9-25-15)7-23-14-8-21-12(5-20)6-22-14/h1-4,6,8-9H,7H2,(H,22,23). The lowest BCUT2D eigenvalue weighted by Gasteiger charge is -2.06. The Morgan fingerprint density at radius 3 is 2.48 bits per heavy atom. The van der Waals surface area contributed by atoms with Gasteiger partial charge in [0.2, 0.25) is 0 Å². The molecule has 2 aromatic heterocycles. The number of halogens is 3. The lowest BCUT2D eigenvalue weighted by molar-refractivity contribution is -0.137. The van der Waals surface area contributed by atoms with Gasteiger partial charge in [-0.25, -0.2) is 15.0 Å². The summed E-state index contributed by atoms with van der Waals surface area (Å²) in [5.41, 5.74) is 0.895. The molecule has 0 fully saturated rings. The summed E-state index contributed by atoms with van der Waals surface area (Å²) in [4.78, 5) is 12.3. The molecule has 0 bridgehead atoms. The summed E-state index contributed by atoms with van der Waals surface area (Å²) in [6.07, 6.45) is -1.54. The second kappa shape index (κ2) is 6.86. The highest BCUT2D eigenvalue weighted by atomic mass is 32.1. The lowest BCUT2D eigenvalue weighted by Crippen LogP contribution is -2.04. The van der Waals surface area contributed by atoms with E-state index in [1.807, 2.05) is 11.4 Å². The van der Waals surface area contributed by atoms with Crippen molar-refractivity contribution in [2.24, 2.45) is 0 Å². The van der Waals surface area contributed by atoms with Crippen LogP contribution in [-0.4, -0.2) is 15.0 Å². The molecule has 25 heavy (non-hydrogen) atoms. The largest absolute Gasteiger partial charge is 0.416 e. The zero-order valence-electron chi connectivity index (χ0n) is 12.6. The first-order valence-electron chi connectivity index (χ1n) is 7.04. The highest BCUT2D eigenvalue weighted by Gasteiger charge is 2.30. The normalized spacial score (nSPS) is 11.1. The van der Waals surface area contributed by atoms with Crippen molar-refractivity contribution in [2.75, 3.05) is 5.32 Å². The summed E-state index contributed by atoms with van der Waals surface area (Å²) in [6, 6.07) is 6.78. The van der Waals surface area contributed by atoms with Crippen LogP contribution in [0.25, 0.3) is 10.6 Å². The minimum absolute atomic E-state index is 0.226. The third-order valence-electron chi connectivity index (χ3n) is 3.23.